The quantitative estimate of drug-likeness (QED) is 0.417. The number of amides is 1. The molecule has 1 amide bonds. The summed E-state index contributed by atoms with van der Waals surface area (Å²) in [6.07, 6.45) is 1.81. The van der Waals surface area contributed by atoms with Crippen LogP contribution in [0.25, 0.3) is 5.69 Å². The molecule has 0 saturated carbocycles. The molecule has 2 aromatic carbocycles. The number of ether oxygens (including phenoxy) is 1. The first-order valence-corrected chi connectivity index (χ1v) is 10.1. The highest BCUT2D eigenvalue weighted by Gasteiger charge is 2.08. The fourth-order valence-corrected chi connectivity index (χ4v) is 2.76. The number of aliphatic imine (C=N–C) groups is 1. The van der Waals surface area contributed by atoms with Gasteiger partial charge in [0.05, 0.1) is 38.1 Å². The van der Waals surface area contributed by atoms with Gasteiger partial charge in [-0.3, -0.25) is 4.79 Å². The van der Waals surface area contributed by atoms with Crippen molar-refractivity contribution < 1.29 is 13.9 Å². The van der Waals surface area contributed by atoms with E-state index >= 15 is 0 Å². The van der Waals surface area contributed by atoms with E-state index in [2.05, 4.69) is 20.7 Å². The molecule has 168 valence electrons. The topological polar surface area (TPSA) is 83.8 Å². The number of benzene rings is 2. The Hall–Kier alpha value is -3.88. The highest BCUT2D eigenvalue weighted by Crippen LogP contribution is 2.12. The van der Waals surface area contributed by atoms with Crippen LogP contribution in [0.2, 0.25) is 0 Å². The minimum absolute atomic E-state index is 0.0652. The number of nitrogens with one attached hydrogen (secondary N) is 2. The molecular weight excluding hydrogens is 411 g/mol. The predicted molar refractivity (Wildman–Crippen MR) is 121 cm³/mol. The van der Waals surface area contributed by atoms with E-state index in [-0.39, 0.29) is 18.3 Å². The standard InChI is InChI=1S/C23H27FN6O2/c1-29(2)22(31)16-27-23(25-14-17-4-10-21(32-3)11-5-17)26-15-19-12-13-30(28-19)20-8-6-18(24)7-9-20/h4-13H,14-16H2,1-3H3,(H2,25,26,27). The molecule has 3 aromatic rings. The van der Waals surface area contributed by atoms with E-state index in [1.807, 2.05) is 30.3 Å². The van der Waals surface area contributed by atoms with Crippen LogP contribution in [0, 0.1) is 5.82 Å². The molecule has 2 N–H and O–H groups in total. The Labute approximate surface area is 186 Å². The van der Waals surface area contributed by atoms with Crippen molar-refractivity contribution in [1.29, 1.82) is 0 Å². The fourth-order valence-electron chi connectivity index (χ4n) is 2.76. The van der Waals surface area contributed by atoms with Crippen molar-refractivity contribution in [1.82, 2.24) is 25.3 Å². The Kier molecular flexibility index (Phi) is 7.80. The molecule has 0 bridgehead atoms. The number of nitrogens with zero attached hydrogens (tertiary/aromatic N) is 4. The average molecular weight is 439 g/mol. The van der Waals surface area contributed by atoms with Crippen LogP contribution in [0.5, 0.6) is 5.75 Å². The zero-order valence-corrected chi connectivity index (χ0v) is 18.4. The number of rotatable bonds is 8. The summed E-state index contributed by atoms with van der Waals surface area (Å²) in [4.78, 5) is 18.1. The minimum atomic E-state index is -0.293. The first kappa shape index (κ1) is 22.8. The number of likely N-dealkylation sites (N-methyl/N-ethyl adjacent to an activating group) is 1. The lowest BCUT2D eigenvalue weighted by Gasteiger charge is -2.14. The zero-order valence-electron chi connectivity index (χ0n) is 18.4. The van der Waals surface area contributed by atoms with E-state index < -0.39 is 0 Å². The van der Waals surface area contributed by atoms with Crippen LogP contribution in [0.4, 0.5) is 4.39 Å². The maximum Gasteiger partial charge on any atom is 0.241 e. The van der Waals surface area contributed by atoms with Gasteiger partial charge < -0.3 is 20.3 Å². The summed E-state index contributed by atoms with van der Waals surface area (Å²) in [5.74, 6) is 0.915. The van der Waals surface area contributed by atoms with E-state index in [0.717, 1.165) is 22.7 Å². The number of halogens is 1. The third kappa shape index (κ3) is 6.56. The number of hydrogen-bond donors (Lipinski definition) is 2. The Morgan fingerprint density at radius 3 is 2.47 bits per heavy atom. The van der Waals surface area contributed by atoms with Gasteiger partial charge >= 0.3 is 0 Å². The van der Waals surface area contributed by atoms with E-state index in [0.29, 0.717) is 19.0 Å². The van der Waals surface area contributed by atoms with E-state index in [4.69, 9.17) is 4.74 Å². The largest absolute Gasteiger partial charge is 0.497 e. The molecule has 0 unspecified atom stereocenters. The van der Waals surface area contributed by atoms with Gasteiger partial charge in [0.2, 0.25) is 5.91 Å². The number of methoxy groups -OCH3 is 1. The van der Waals surface area contributed by atoms with Gasteiger partial charge in [0.1, 0.15) is 11.6 Å². The second-order valence-corrected chi connectivity index (χ2v) is 7.24. The first-order chi connectivity index (χ1) is 15.4. The molecular formula is C23H27FN6O2. The third-order valence-electron chi connectivity index (χ3n) is 4.66. The lowest BCUT2D eigenvalue weighted by molar-refractivity contribution is -0.127. The van der Waals surface area contributed by atoms with Crippen LogP contribution in [-0.4, -0.2) is 54.3 Å². The number of hydrogen-bond acceptors (Lipinski definition) is 4. The Bertz CT molecular complexity index is 1050. The summed E-state index contributed by atoms with van der Waals surface area (Å²) in [6.45, 7) is 0.948. The molecule has 1 aromatic heterocycles. The first-order valence-electron chi connectivity index (χ1n) is 10.1. The zero-order chi connectivity index (χ0) is 22.9. The summed E-state index contributed by atoms with van der Waals surface area (Å²) >= 11 is 0. The maximum atomic E-state index is 13.1. The summed E-state index contributed by atoms with van der Waals surface area (Å²) in [6, 6.07) is 15.6. The monoisotopic (exact) mass is 438 g/mol. The Balaban J connectivity index is 1.66. The summed E-state index contributed by atoms with van der Waals surface area (Å²) in [5, 5.41) is 10.8. The number of carbonyl (C=O) groups excluding carboxylic acids is 1. The van der Waals surface area contributed by atoms with Crippen LogP contribution < -0.4 is 15.4 Å². The van der Waals surface area contributed by atoms with Crippen LogP contribution in [-0.2, 0) is 17.9 Å². The second kappa shape index (κ2) is 10.9. The van der Waals surface area contributed by atoms with E-state index in [1.165, 1.54) is 17.0 Å². The molecule has 0 aliphatic heterocycles. The van der Waals surface area contributed by atoms with Crippen LogP contribution in [0.15, 0.2) is 65.8 Å². The van der Waals surface area contributed by atoms with Gasteiger partial charge in [-0.2, -0.15) is 5.10 Å². The molecule has 0 fully saturated rings. The molecule has 0 aliphatic carbocycles. The van der Waals surface area contributed by atoms with Crippen molar-refractivity contribution in [3.8, 4) is 11.4 Å². The van der Waals surface area contributed by atoms with Crippen LogP contribution in [0.1, 0.15) is 11.3 Å². The number of aromatic nitrogens is 2. The highest BCUT2D eigenvalue weighted by molar-refractivity contribution is 5.86. The molecule has 0 aliphatic rings. The van der Waals surface area contributed by atoms with Crippen molar-refractivity contribution in [3.63, 3.8) is 0 Å². The van der Waals surface area contributed by atoms with Gasteiger partial charge in [-0.1, -0.05) is 12.1 Å². The summed E-state index contributed by atoms with van der Waals surface area (Å²) < 4.78 is 20.0. The van der Waals surface area contributed by atoms with E-state index in [9.17, 15) is 9.18 Å². The molecule has 8 nitrogen and oxygen atoms in total. The van der Waals surface area contributed by atoms with Gasteiger partial charge in [0, 0.05) is 20.3 Å². The molecule has 0 atom stereocenters. The lowest BCUT2D eigenvalue weighted by atomic mass is 10.2. The van der Waals surface area contributed by atoms with Crippen molar-refractivity contribution >= 4 is 11.9 Å². The maximum absolute atomic E-state index is 13.1. The number of guanidine groups is 1. The highest BCUT2D eigenvalue weighted by atomic mass is 19.1. The van der Waals surface area contributed by atoms with Gasteiger partial charge in [0.15, 0.2) is 5.96 Å². The second-order valence-electron chi connectivity index (χ2n) is 7.24. The molecule has 0 radical (unpaired) electrons. The van der Waals surface area contributed by atoms with Gasteiger partial charge in [-0.15, -0.1) is 0 Å². The van der Waals surface area contributed by atoms with Crippen molar-refractivity contribution in [3.05, 3.63) is 77.9 Å². The summed E-state index contributed by atoms with van der Waals surface area (Å²) in [5.41, 5.74) is 2.54. The van der Waals surface area contributed by atoms with Gasteiger partial charge in [-0.25, -0.2) is 14.1 Å². The predicted octanol–water partition coefficient (Wildman–Crippen LogP) is 2.34. The molecule has 0 spiro atoms. The Morgan fingerprint density at radius 1 is 1.09 bits per heavy atom. The van der Waals surface area contributed by atoms with Gasteiger partial charge in [-0.05, 0) is 48.0 Å². The molecule has 32 heavy (non-hydrogen) atoms. The molecule has 9 heteroatoms. The van der Waals surface area contributed by atoms with Crippen molar-refractivity contribution in [2.24, 2.45) is 4.99 Å². The van der Waals surface area contributed by atoms with Gasteiger partial charge in [0.25, 0.3) is 0 Å². The van der Waals surface area contributed by atoms with Crippen molar-refractivity contribution in [2.45, 2.75) is 13.1 Å². The molecule has 0 saturated heterocycles. The van der Waals surface area contributed by atoms with Crippen LogP contribution >= 0.6 is 0 Å². The minimum Gasteiger partial charge on any atom is -0.497 e. The average Bonchev–Trinajstić information content (AvgIpc) is 3.28. The third-order valence-corrected chi connectivity index (χ3v) is 4.66. The summed E-state index contributed by atoms with van der Waals surface area (Å²) in [7, 11) is 5.03. The van der Waals surface area contributed by atoms with Crippen molar-refractivity contribution in [2.75, 3.05) is 27.7 Å². The SMILES string of the molecule is COc1ccc(CN=C(NCC(=O)N(C)C)NCc2ccn(-c3ccc(F)cc3)n2)cc1. The molecule has 3 rings (SSSR count). The normalized spacial score (nSPS) is 11.2. The lowest BCUT2D eigenvalue weighted by Crippen LogP contribution is -2.42. The van der Waals surface area contributed by atoms with E-state index in [1.54, 1.807) is 44.2 Å². The number of carbonyl (C=O) groups is 1. The molecule has 1 heterocycles. The fraction of sp³-hybridized carbons (Fsp3) is 0.261. The van der Waals surface area contributed by atoms with Crippen LogP contribution in [0.3, 0.4) is 0 Å². The Morgan fingerprint density at radius 2 is 1.81 bits per heavy atom. The smallest absolute Gasteiger partial charge is 0.241 e.